The summed E-state index contributed by atoms with van der Waals surface area (Å²) < 4.78 is 5.63. The van der Waals surface area contributed by atoms with E-state index in [2.05, 4.69) is 10.6 Å². The lowest BCUT2D eigenvalue weighted by Crippen LogP contribution is -2.47. The monoisotopic (exact) mass is 288 g/mol. The van der Waals surface area contributed by atoms with Crippen LogP contribution in [0.3, 0.4) is 0 Å². The quantitative estimate of drug-likeness (QED) is 0.486. The number of hydrogen-bond acceptors (Lipinski definition) is 4. The number of nitrogens with one attached hydrogen (secondary N) is 2. The minimum absolute atomic E-state index is 0.0126. The van der Waals surface area contributed by atoms with E-state index in [1.807, 2.05) is 0 Å². The zero-order chi connectivity index (χ0) is 14.8. The van der Waals surface area contributed by atoms with Gasteiger partial charge in [-0.05, 0) is 12.8 Å². The average Bonchev–Trinajstić information content (AvgIpc) is 2.44. The van der Waals surface area contributed by atoms with E-state index in [0.29, 0.717) is 13.2 Å². The molecule has 0 aromatic carbocycles. The number of aliphatic carboxylic acids is 1. The second-order valence-corrected chi connectivity index (χ2v) is 4.93. The summed E-state index contributed by atoms with van der Waals surface area (Å²) in [5, 5.41) is 22.4. The van der Waals surface area contributed by atoms with Gasteiger partial charge in [0.15, 0.2) is 0 Å². The Labute approximate surface area is 118 Å². The minimum atomic E-state index is -1.16. The zero-order valence-corrected chi connectivity index (χ0v) is 11.6. The van der Waals surface area contributed by atoms with Crippen LogP contribution in [0.5, 0.6) is 0 Å². The van der Waals surface area contributed by atoms with Crippen LogP contribution in [0.1, 0.15) is 38.5 Å². The molecule has 0 heterocycles. The maximum Gasteiger partial charge on any atom is 0.326 e. The molecule has 1 saturated carbocycles. The lowest BCUT2D eigenvalue weighted by atomic mass is 9.98. The fourth-order valence-corrected chi connectivity index (χ4v) is 2.22. The number of hydrogen-bond donors (Lipinski definition) is 4. The van der Waals surface area contributed by atoms with E-state index in [0.717, 1.165) is 12.8 Å². The molecule has 7 heteroatoms. The number of aliphatic hydroxyl groups excluding tert-OH is 1. The fraction of sp³-hybridized carbons (Fsp3) is 0.846. The Hall–Kier alpha value is -1.34. The molecule has 0 aliphatic heterocycles. The van der Waals surface area contributed by atoms with Gasteiger partial charge in [0.2, 0.25) is 0 Å². The van der Waals surface area contributed by atoms with Crippen molar-refractivity contribution in [1.29, 1.82) is 0 Å². The number of aliphatic hydroxyl groups is 1. The summed E-state index contributed by atoms with van der Waals surface area (Å²) in [7, 11) is 0. The predicted octanol–water partition coefficient (Wildman–Crippen LogP) is 0.471. The zero-order valence-electron chi connectivity index (χ0n) is 11.6. The van der Waals surface area contributed by atoms with Gasteiger partial charge < -0.3 is 25.6 Å². The van der Waals surface area contributed by atoms with Crippen molar-refractivity contribution in [2.24, 2.45) is 0 Å². The fourth-order valence-electron chi connectivity index (χ4n) is 2.22. The lowest BCUT2D eigenvalue weighted by Gasteiger charge is -2.22. The number of carbonyl (C=O) groups excluding carboxylic acids is 1. The third-order valence-corrected chi connectivity index (χ3v) is 3.31. The van der Waals surface area contributed by atoms with Gasteiger partial charge in [-0.25, -0.2) is 9.59 Å². The van der Waals surface area contributed by atoms with Gasteiger partial charge in [0.1, 0.15) is 6.04 Å². The van der Waals surface area contributed by atoms with E-state index in [1.54, 1.807) is 0 Å². The molecule has 4 N–H and O–H groups in total. The molecule has 1 aliphatic rings. The van der Waals surface area contributed by atoms with Crippen LogP contribution < -0.4 is 10.6 Å². The second kappa shape index (κ2) is 9.55. The first kappa shape index (κ1) is 16.7. The molecule has 1 rings (SSSR count). The number of carbonyl (C=O) groups is 2. The molecule has 0 bridgehead atoms. The third-order valence-electron chi connectivity index (χ3n) is 3.31. The molecular formula is C13H24N2O5. The van der Waals surface area contributed by atoms with Crippen LogP contribution in [0.2, 0.25) is 0 Å². The van der Waals surface area contributed by atoms with Crippen molar-refractivity contribution in [1.82, 2.24) is 10.6 Å². The van der Waals surface area contributed by atoms with Gasteiger partial charge >= 0.3 is 12.0 Å². The highest BCUT2D eigenvalue weighted by Gasteiger charge is 2.19. The van der Waals surface area contributed by atoms with E-state index in [4.69, 9.17) is 14.9 Å². The van der Waals surface area contributed by atoms with Gasteiger partial charge in [-0.1, -0.05) is 19.3 Å². The van der Waals surface area contributed by atoms with Gasteiger partial charge in [0, 0.05) is 19.6 Å². The standard InChI is InChI=1S/C13H24N2O5/c16-8-6-11(12(17)18)15-13(19)14-7-9-20-10-4-2-1-3-5-10/h10-11,16H,1-9H2,(H,17,18)(H2,14,15,19)/t11-/m0/s1. The van der Waals surface area contributed by atoms with Gasteiger partial charge in [-0.3, -0.25) is 0 Å². The number of rotatable bonds is 8. The molecule has 20 heavy (non-hydrogen) atoms. The second-order valence-electron chi connectivity index (χ2n) is 4.93. The van der Waals surface area contributed by atoms with Gasteiger partial charge in [0.05, 0.1) is 12.7 Å². The molecular weight excluding hydrogens is 264 g/mol. The van der Waals surface area contributed by atoms with E-state index in [9.17, 15) is 9.59 Å². The highest BCUT2D eigenvalue weighted by atomic mass is 16.5. The average molecular weight is 288 g/mol. The summed E-state index contributed by atoms with van der Waals surface area (Å²) in [6, 6.07) is -1.63. The number of carboxylic acids is 1. The number of ether oxygens (including phenoxy) is 1. The maximum atomic E-state index is 11.5. The van der Waals surface area contributed by atoms with Crippen molar-refractivity contribution >= 4 is 12.0 Å². The van der Waals surface area contributed by atoms with Crippen molar-refractivity contribution in [3.63, 3.8) is 0 Å². The molecule has 0 aromatic rings. The lowest BCUT2D eigenvalue weighted by molar-refractivity contribution is -0.139. The molecule has 7 nitrogen and oxygen atoms in total. The molecule has 0 saturated heterocycles. The molecule has 0 unspecified atom stereocenters. The molecule has 1 aliphatic carbocycles. The maximum absolute atomic E-state index is 11.5. The molecule has 0 aromatic heterocycles. The first-order valence-corrected chi connectivity index (χ1v) is 7.13. The van der Waals surface area contributed by atoms with Crippen molar-refractivity contribution < 1.29 is 24.5 Å². The van der Waals surface area contributed by atoms with Crippen molar-refractivity contribution in [3.05, 3.63) is 0 Å². The predicted molar refractivity (Wildman–Crippen MR) is 72.5 cm³/mol. The van der Waals surface area contributed by atoms with Crippen molar-refractivity contribution in [3.8, 4) is 0 Å². The summed E-state index contributed by atoms with van der Waals surface area (Å²) in [6.07, 6.45) is 6.08. The summed E-state index contributed by atoms with van der Waals surface area (Å²) in [5.41, 5.74) is 0. The molecule has 0 radical (unpaired) electrons. The number of urea groups is 1. The van der Waals surface area contributed by atoms with E-state index in [1.165, 1.54) is 19.3 Å². The van der Waals surface area contributed by atoms with Crippen LogP contribution in [0.15, 0.2) is 0 Å². The molecule has 1 fully saturated rings. The highest BCUT2D eigenvalue weighted by molar-refractivity contribution is 5.82. The number of amides is 2. The van der Waals surface area contributed by atoms with Crippen LogP contribution in [-0.2, 0) is 9.53 Å². The van der Waals surface area contributed by atoms with Crippen LogP contribution in [-0.4, -0.2) is 54.1 Å². The topological polar surface area (TPSA) is 108 Å². The Morgan fingerprint density at radius 2 is 1.95 bits per heavy atom. The molecule has 0 spiro atoms. The minimum Gasteiger partial charge on any atom is -0.480 e. The Balaban J connectivity index is 2.10. The van der Waals surface area contributed by atoms with Crippen LogP contribution in [0.25, 0.3) is 0 Å². The van der Waals surface area contributed by atoms with E-state index < -0.39 is 18.0 Å². The summed E-state index contributed by atoms with van der Waals surface area (Å²) in [5.74, 6) is -1.16. The normalized spacial score (nSPS) is 17.4. The number of carboxylic acid groups (broad SMARTS) is 1. The first-order valence-electron chi connectivity index (χ1n) is 7.13. The smallest absolute Gasteiger partial charge is 0.326 e. The molecule has 2 amide bonds. The Morgan fingerprint density at radius 1 is 1.25 bits per heavy atom. The molecule has 1 atom stereocenters. The van der Waals surface area contributed by atoms with Crippen LogP contribution >= 0.6 is 0 Å². The Kier molecular flexibility index (Phi) is 7.98. The summed E-state index contributed by atoms with van der Waals surface area (Å²) >= 11 is 0. The molecule has 116 valence electrons. The van der Waals surface area contributed by atoms with Gasteiger partial charge in [-0.2, -0.15) is 0 Å². The Morgan fingerprint density at radius 3 is 2.55 bits per heavy atom. The van der Waals surface area contributed by atoms with E-state index >= 15 is 0 Å². The summed E-state index contributed by atoms with van der Waals surface area (Å²) in [4.78, 5) is 22.2. The van der Waals surface area contributed by atoms with Crippen molar-refractivity contribution in [2.75, 3.05) is 19.8 Å². The van der Waals surface area contributed by atoms with Crippen LogP contribution in [0.4, 0.5) is 4.79 Å². The Bertz CT molecular complexity index is 305. The largest absolute Gasteiger partial charge is 0.480 e. The van der Waals surface area contributed by atoms with Crippen molar-refractivity contribution in [2.45, 2.75) is 50.7 Å². The van der Waals surface area contributed by atoms with Gasteiger partial charge in [0.25, 0.3) is 0 Å². The SMILES string of the molecule is O=C(NCCOC1CCCCC1)N[C@@H](CCO)C(=O)O. The van der Waals surface area contributed by atoms with Gasteiger partial charge in [-0.15, -0.1) is 0 Å². The van der Waals surface area contributed by atoms with E-state index in [-0.39, 0.29) is 19.1 Å². The highest BCUT2D eigenvalue weighted by Crippen LogP contribution is 2.19. The first-order chi connectivity index (χ1) is 9.63. The summed E-state index contributed by atoms with van der Waals surface area (Å²) in [6.45, 7) is 0.478. The van der Waals surface area contributed by atoms with Crippen LogP contribution in [0, 0.1) is 0 Å². The third kappa shape index (κ3) is 6.72.